The average Bonchev–Trinajstić information content (AvgIpc) is 3.05. The summed E-state index contributed by atoms with van der Waals surface area (Å²) in [5, 5.41) is 3.83. The Morgan fingerprint density at radius 2 is 1.68 bits per heavy atom. The Kier molecular flexibility index (Phi) is 6.02. The molecule has 3 aromatic carbocycles. The summed E-state index contributed by atoms with van der Waals surface area (Å²) in [5.41, 5.74) is 4.49. The Hall–Kier alpha value is -3.22. The number of benzene rings is 3. The van der Waals surface area contributed by atoms with E-state index in [1.807, 2.05) is 18.2 Å². The molecule has 0 spiro atoms. The highest BCUT2D eigenvalue weighted by molar-refractivity contribution is 6.33. The fraction of sp³-hybridized carbons (Fsp3) is 0.0870. The van der Waals surface area contributed by atoms with Gasteiger partial charge in [0.15, 0.2) is 6.04 Å². The van der Waals surface area contributed by atoms with E-state index < -0.39 is 29.7 Å². The average molecular weight is 457 g/mol. The van der Waals surface area contributed by atoms with E-state index in [0.717, 1.165) is 5.56 Å². The Balaban J connectivity index is 1.71. The zero-order valence-corrected chi connectivity index (χ0v) is 17.6. The molecule has 0 aromatic heterocycles. The maximum atomic E-state index is 13.2. The van der Waals surface area contributed by atoms with Crippen molar-refractivity contribution >= 4 is 41.2 Å². The first-order chi connectivity index (χ1) is 14.9. The maximum Gasteiger partial charge on any atom is 0.304 e. The van der Waals surface area contributed by atoms with Gasteiger partial charge in [-0.2, -0.15) is 0 Å². The standard InChI is InChI=1S/C23H16Cl2FN3O2/c24-17-9-5-14(6-10-17)21-20(27-22(30)15-7-11-18(26)12-8-15)23(31)28-29(21)13-16-3-1-2-4-19(16)25/h1-13,20-21H,(H-,27,28,30,31)/p+1/b29-13-/t20-,21-/m0/s1. The lowest BCUT2D eigenvalue weighted by Crippen LogP contribution is -2.42. The van der Waals surface area contributed by atoms with Crippen LogP contribution in [0.25, 0.3) is 0 Å². The Labute approximate surface area is 188 Å². The monoisotopic (exact) mass is 456 g/mol. The molecule has 2 amide bonds. The zero-order chi connectivity index (χ0) is 22.0. The number of hydrogen-bond donors (Lipinski definition) is 2. The maximum absolute atomic E-state index is 13.2. The summed E-state index contributed by atoms with van der Waals surface area (Å²) < 4.78 is 14.8. The van der Waals surface area contributed by atoms with Gasteiger partial charge in [-0.15, -0.1) is 10.1 Å². The summed E-state index contributed by atoms with van der Waals surface area (Å²) in [6.07, 6.45) is 1.71. The minimum absolute atomic E-state index is 0.248. The third kappa shape index (κ3) is 4.60. The Bertz CT molecular complexity index is 1160. The summed E-state index contributed by atoms with van der Waals surface area (Å²) >= 11 is 12.3. The first kappa shape index (κ1) is 21.0. The SMILES string of the molecule is O=C(N[C@@H]1C(=O)N/[N+](=C\c2ccccc2Cl)[C@H]1c1ccc(Cl)cc1)c1ccc(F)cc1. The minimum Gasteiger partial charge on any atom is -0.334 e. The van der Waals surface area contributed by atoms with Crippen LogP contribution < -0.4 is 10.7 Å². The zero-order valence-electron chi connectivity index (χ0n) is 16.1. The van der Waals surface area contributed by atoms with Crippen LogP contribution in [-0.4, -0.2) is 28.8 Å². The number of halogens is 3. The second kappa shape index (κ2) is 8.88. The van der Waals surface area contributed by atoms with Gasteiger partial charge in [0.25, 0.3) is 5.91 Å². The number of amides is 2. The van der Waals surface area contributed by atoms with Crippen molar-refractivity contribution in [3.05, 3.63) is 105 Å². The van der Waals surface area contributed by atoms with E-state index >= 15 is 0 Å². The molecule has 8 heteroatoms. The number of rotatable bonds is 4. The Morgan fingerprint density at radius 3 is 2.35 bits per heavy atom. The van der Waals surface area contributed by atoms with E-state index in [4.69, 9.17) is 23.2 Å². The van der Waals surface area contributed by atoms with Gasteiger partial charge in [-0.1, -0.05) is 47.5 Å². The van der Waals surface area contributed by atoms with Gasteiger partial charge in [0, 0.05) is 16.1 Å². The lowest BCUT2D eigenvalue weighted by atomic mass is 9.99. The summed E-state index contributed by atoms with van der Waals surface area (Å²) in [7, 11) is 0. The molecule has 0 aliphatic carbocycles. The van der Waals surface area contributed by atoms with Gasteiger partial charge in [-0.25, -0.2) is 4.39 Å². The van der Waals surface area contributed by atoms with Crippen molar-refractivity contribution in [2.24, 2.45) is 0 Å². The van der Waals surface area contributed by atoms with Crippen molar-refractivity contribution in [3.8, 4) is 0 Å². The highest BCUT2D eigenvalue weighted by atomic mass is 35.5. The number of carbonyl (C=O) groups is 2. The van der Waals surface area contributed by atoms with Gasteiger partial charge >= 0.3 is 5.91 Å². The smallest absolute Gasteiger partial charge is 0.304 e. The number of carbonyl (C=O) groups excluding carboxylic acids is 2. The topological polar surface area (TPSA) is 61.2 Å². The summed E-state index contributed by atoms with van der Waals surface area (Å²) in [4.78, 5) is 25.5. The van der Waals surface area contributed by atoms with Crippen molar-refractivity contribution in [2.45, 2.75) is 12.1 Å². The van der Waals surface area contributed by atoms with Gasteiger partial charge < -0.3 is 5.32 Å². The van der Waals surface area contributed by atoms with E-state index in [0.29, 0.717) is 15.6 Å². The molecule has 2 atom stereocenters. The quantitative estimate of drug-likeness (QED) is 0.579. The summed E-state index contributed by atoms with van der Waals surface area (Å²) in [5.74, 6) is -1.33. The highest BCUT2D eigenvalue weighted by Gasteiger charge is 2.47. The van der Waals surface area contributed by atoms with Crippen molar-refractivity contribution in [2.75, 3.05) is 0 Å². The van der Waals surface area contributed by atoms with Crippen LogP contribution in [0.15, 0.2) is 72.8 Å². The third-order valence-corrected chi connectivity index (χ3v) is 5.52. The van der Waals surface area contributed by atoms with Crippen LogP contribution in [0.2, 0.25) is 10.0 Å². The molecule has 31 heavy (non-hydrogen) atoms. The molecular formula is C23H17Cl2FN3O2+. The van der Waals surface area contributed by atoms with Crippen LogP contribution >= 0.6 is 23.2 Å². The molecule has 1 fully saturated rings. The molecule has 1 aliphatic rings. The molecule has 2 N–H and O–H groups in total. The van der Waals surface area contributed by atoms with Crippen LogP contribution in [0, 0.1) is 5.82 Å². The highest BCUT2D eigenvalue weighted by Crippen LogP contribution is 2.27. The van der Waals surface area contributed by atoms with Crippen molar-refractivity contribution in [3.63, 3.8) is 0 Å². The summed E-state index contributed by atoms with van der Waals surface area (Å²) in [6.45, 7) is 0. The normalized spacial score (nSPS) is 19.3. The van der Waals surface area contributed by atoms with E-state index in [9.17, 15) is 14.0 Å². The van der Waals surface area contributed by atoms with Gasteiger partial charge in [0.05, 0.1) is 10.6 Å². The van der Waals surface area contributed by atoms with Crippen LogP contribution in [-0.2, 0) is 4.79 Å². The predicted octanol–water partition coefficient (Wildman–Crippen LogP) is 4.15. The molecule has 156 valence electrons. The molecule has 1 aliphatic heterocycles. The number of hydrogen-bond acceptors (Lipinski definition) is 2. The largest absolute Gasteiger partial charge is 0.334 e. The number of nitrogens with zero attached hydrogens (tertiary/aromatic N) is 1. The second-order valence-corrected chi connectivity index (χ2v) is 7.83. The van der Waals surface area contributed by atoms with Crippen molar-refractivity contribution in [1.29, 1.82) is 0 Å². The summed E-state index contributed by atoms with van der Waals surface area (Å²) in [6, 6.07) is 17.9. The molecule has 0 radical (unpaired) electrons. The lowest BCUT2D eigenvalue weighted by Gasteiger charge is -2.15. The third-order valence-electron chi connectivity index (χ3n) is 4.93. The van der Waals surface area contributed by atoms with E-state index in [1.165, 1.54) is 24.3 Å². The van der Waals surface area contributed by atoms with Crippen molar-refractivity contribution < 1.29 is 18.7 Å². The lowest BCUT2D eigenvalue weighted by molar-refractivity contribution is -0.596. The molecule has 1 heterocycles. The second-order valence-electron chi connectivity index (χ2n) is 6.99. The van der Waals surface area contributed by atoms with Crippen LogP contribution in [0.1, 0.15) is 27.5 Å². The molecule has 0 unspecified atom stereocenters. The van der Waals surface area contributed by atoms with E-state index in [2.05, 4.69) is 10.7 Å². The van der Waals surface area contributed by atoms with Crippen molar-refractivity contribution in [1.82, 2.24) is 10.7 Å². The van der Waals surface area contributed by atoms with Crippen LogP contribution in [0.4, 0.5) is 4.39 Å². The van der Waals surface area contributed by atoms with E-state index in [1.54, 1.807) is 41.2 Å². The van der Waals surface area contributed by atoms with Gasteiger partial charge in [0.2, 0.25) is 12.3 Å². The fourth-order valence-corrected chi connectivity index (χ4v) is 3.71. The number of hydrazone groups is 1. The number of nitrogens with one attached hydrogen (secondary N) is 2. The molecule has 1 saturated heterocycles. The van der Waals surface area contributed by atoms with Crippen LogP contribution in [0.5, 0.6) is 0 Å². The molecule has 3 aromatic rings. The molecule has 4 rings (SSSR count). The van der Waals surface area contributed by atoms with Gasteiger partial charge in [-0.05, 0) is 48.5 Å². The van der Waals surface area contributed by atoms with Gasteiger partial charge in [0.1, 0.15) is 5.82 Å². The fourth-order valence-electron chi connectivity index (χ4n) is 3.40. The first-order valence-corrected chi connectivity index (χ1v) is 10.2. The predicted molar refractivity (Wildman–Crippen MR) is 117 cm³/mol. The Morgan fingerprint density at radius 1 is 1.00 bits per heavy atom. The van der Waals surface area contributed by atoms with Crippen LogP contribution in [0.3, 0.4) is 0 Å². The molecular weight excluding hydrogens is 440 g/mol. The molecule has 0 saturated carbocycles. The molecule has 0 bridgehead atoms. The van der Waals surface area contributed by atoms with Gasteiger partial charge in [-0.3, -0.25) is 9.59 Å². The number of hydrazine groups is 1. The van der Waals surface area contributed by atoms with E-state index in [-0.39, 0.29) is 5.56 Å². The molecule has 5 nitrogen and oxygen atoms in total. The first-order valence-electron chi connectivity index (χ1n) is 9.42. The minimum atomic E-state index is -0.905.